The molecule has 0 bridgehead atoms. The number of fused-ring (bicyclic) bond motifs is 2. The van der Waals surface area contributed by atoms with Crippen molar-refractivity contribution in [2.75, 3.05) is 10.6 Å². The third kappa shape index (κ3) is 6.80. The molecule has 0 fully saturated rings. The van der Waals surface area contributed by atoms with Gasteiger partial charge in [-0.1, -0.05) is 30.3 Å². The van der Waals surface area contributed by atoms with Gasteiger partial charge in [-0.15, -0.1) is 0 Å². The van der Waals surface area contributed by atoms with Crippen molar-refractivity contribution in [1.82, 2.24) is 24.9 Å². The molecule has 0 aliphatic rings. The number of anilines is 2. The van der Waals surface area contributed by atoms with E-state index in [-0.39, 0.29) is 11.4 Å². The predicted molar refractivity (Wildman–Crippen MR) is 187 cm³/mol. The zero-order chi connectivity index (χ0) is 32.7. The molecule has 48 heavy (non-hydrogen) atoms. The first-order valence-corrected chi connectivity index (χ1v) is 14.9. The molecule has 0 saturated heterocycles. The van der Waals surface area contributed by atoms with Crippen molar-refractivity contribution in [1.29, 1.82) is 0 Å². The second kappa shape index (κ2) is 13.5. The fourth-order valence-corrected chi connectivity index (χ4v) is 4.79. The minimum Gasteiger partial charge on any atom is -0.319 e. The average molecular weight is 628 g/mol. The van der Waals surface area contributed by atoms with E-state index >= 15 is 0 Å². The molecule has 5 aromatic heterocycles. The minimum atomic E-state index is -0.497. The Morgan fingerprint density at radius 3 is 1.48 bits per heavy atom. The molecule has 7 aromatic rings. The number of para-hydroxylation sites is 4. The van der Waals surface area contributed by atoms with Crippen LogP contribution in [-0.4, -0.2) is 49.2 Å². The van der Waals surface area contributed by atoms with E-state index in [1.54, 1.807) is 67.3 Å². The van der Waals surface area contributed by atoms with E-state index < -0.39 is 11.8 Å². The van der Waals surface area contributed by atoms with Gasteiger partial charge in [0.15, 0.2) is 11.3 Å². The van der Waals surface area contributed by atoms with E-state index in [4.69, 9.17) is 0 Å². The smallest absolute Gasteiger partial charge is 0.274 e. The van der Waals surface area contributed by atoms with Gasteiger partial charge in [0, 0.05) is 23.2 Å². The van der Waals surface area contributed by atoms with Crippen molar-refractivity contribution in [2.45, 2.75) is 0 Å². The van der Waals surface area contributed by atoms with E-state index in [0.29, 0.717) is 45.4 Å². The molecule has 2 amide bonds. The van der Waals surface area contributed by atoms with E-state index in [1.807, 2.05) is 60.7 Å². The van der Waals surface area contributed by atoms with Crippen LogP contribution in [0.4, 0.5) is 22.7 Å². The van der Waals surface area contributed by atoms with Crippen LogP contribution in [0.1, 0.15) is 32.4 Å². The van der Waals surface area contributed by atoms with Crippen LogP contribution >= 0.6 is 0 Å². The van der Waals surface area contributed by atoms with Gasteiger partial charge in [-0.3, -0.25) is 19.6 Å². The Morgan fingerprint density at radius 2 is 0.979 bits per heavy atom. The van der Waals surface area contributed by atoms with Crippen molar-refractivity contribution >= 4 is 69.1 Å². The number of carbonyl (C=O) groups is 2. The molecule has 0 unspecified atom stereocenters. The van der Waals surface area contributed by atoms with E-state index in [0.717, 1.165) is 10.8 Å². The van der Waals surface area contributed by atoms with Gasteiger partial charge in [0.05, 0.1) is 46.6 Å². The summed E-state index contributed by atoms with van der Waals surface area (Å²) >= 11 is 0. The van der Waals surface area contributed by atoms with Gasteiger partial charge in [-0.05, 0) is 84.9 Å². The van der Waals surface area contributed by atoms with Crippen molar-refractivity contribution < 1.29 is 9.59 Å². The number of pyridine rings is 5. The fraction of sp³-hybridized carbons (Fsp3) is 0. The average Bonchev–Trinajstić information content (AvgIpc) is 3.14. The van der Waals surface area contributed by atoms with Crippen molar-refractivity contribution in [3.63, 3.8) is 0 Å². The normalized spacial score (nSPS) is 11.3. The predicted octanol–water partition coefficient (Wildman–Crippen LogP) is 6.97. The first-order chi connectivity index (χ1) is 23.6. The number of aromatic nitrogens is 5. The topological polar surface area (TPSA) is 147 Å². The summed E-state index contributed by atoms with van der Waals surface area (Å²) in [6, 6.07) is 34.0. The SMILES string of the molecule is O=C(Nc1ccccc1N=Cc1ccc2cccnc2n1)c1cccc(C(=O)Nc2ccccc2N=Cc2ccc3cccnc3n2)n1. The molecule has 0 aliphatic heterocycles. The van der Waals surface area contributed by atoms with Gasteiger partial charge in [0.25, 0.3) is 11.8 Å². The fourth-order valence-electron chi connectivity index (χ4n) is 4.79. The summed E-state index contributed by atoms with van der Waals surface area (Å²) in [5, 5.41) is 7.56. The molecule has 2 N–H and O–H groups in total. The number of nitrogens with zero attached hydrogens (tertiary/aromatic N) is 7. The van der Waals surface area contributed by atoms with Crippen LogP contribution in [0, 0.1) is 0 Å². The number of hydrogen-bond acceptors (Lipinski definition) is 9. The van der Waals surface area contributed by atoms with Crippen molar-refractivity contribution in [3.05, 3.63) is 150 Å². The lowest BCUT2D eigenvalue weighted by Crippen LogP contribution is -2.18. The van der Waals surface area contributed by atoms with Gasteiger partial charge >= 0.3 is 0 Å². The monoisotopic (exact) mass is 627 g/mol. The zero-order valence-electron chi connectivity index (χ0n) is 25.2. The van der Waals surface area contributed by atoms with Crippen LogP contribution in [0.5, 0.6) is 0 Å². The summed E-state index contributed by atoms with van der Waals surface area (Å²) in [4.78, 5) is 57.6. The molecule has 0 aliphatic carbocycles. The van der Waals surface area contributed by atoms with Crippen LogP contribution in [0.25, 0.3) is 22.1 Å². The number of rotatable bonds is 8. The molecule has 7 rings (SSSR count). The number of nitrogens with one attached hydrogen (secondary N) is 2. The Kier molecular flexibility index (Phi) is 8.38. The molecule has 0 radical (unpaired) electrons. The lowest BCUT2D eigenvalue weighted by Gasteiger charge is -2.10. The Labute approximate surface area is 274 Å². The molecule has 11 nitrogen and oxygen atoms in total. The molecular weight excluding hydrogens is 602 g/mol. The number of hydrogen-bond donors (Lipinski definition) is 2. The van der Waals surface area contributed by atoms with Gasteiger partial charge < -0.3 is 10.6 Å². The summed E-state index contributed by atoms with van der Waals surface area (Å²) < 4.78 is 0. The molecular formula is C37H25N9O2. The standard InChI is InChI=1S/C37H25N9O2/c47-36(45-30-12-3-1-10-28(30)40-22-26-18-16-24-8-6-20-38-34(24)42-26)32-14-5-15-33(44-32)37(48)46-31-13-4-2-11-29(31)41-23-27-19-17-25-9-7-21-39-35(25)43-27/h1-23H,(H,45,47)(H,46,48). The summed E-state index contributed by atoms with van der Waals surface area (Å²) in [6.45, 7) is 0. The molecule has 11 heteroatoms. The van der Waals surface area contributed by atoms with E-state index in [1.165, 1.54) is 12.1 Å². The van der Waals surface area contributed by atoms with Crippen LogP contribution < -0.4 is 10.6 Å². The lowest BCUT2D eigenvalue weighted by molar-refractivity contribution is 0.101. The summed E-state index contributed by atoms with van der Waals surface area (Å²) in [5.41, 5.74) is 4.59. The first kappa shape index (κ1) is 29.7. The zero-order valence-corrected chi connectivity index (χ0v) is 25.2. The quantitative estimate of drug-likeness (QED) is 0.173. The third-order valence-electron chi connectivity index (χ3n) is 7.16. The highest BCUT2D eigenvalue weighted by Gasteiger charge is 2.15. The van der Waals surface area contributed by atoms with Gasteiger partial charge in [-0.2, -0.15) is 0 Å². The maximum Gasteiger partial charge on any atom is 0.274 e. The number of aliphatic imine (C=N–C) groups is 2. The molecule has 0 atom stereocenters. The highest BCUT2D eigenvalue weighted by Crippen LogP contribution is 2.26. The summed E-state index contributed by atoms with van der Waals surface area (Å²) in [6.07, 6.45) is 6.59. The summed E-state index contributed by atoms with van der Waals surface area (Å²) in [5.74, 6) is -0.995. The molecule has 0 spiro atoms. The van der Waals surface area contributed by atoms with Crippen molar-refractivity contribution in [2.24, 2.45) is 9.98 Å². The second-order valence-corrected chi connectivity index (χ2v) is 10.4. The van der Waals surface area contributed by atoms with Gasteiger partial charge in [-0.25, -0.2) is 24.9 Å². The molecule has 0 saturated carbocycles. The third-order valence-corrected chi connectivity index (χ3v) is 7.16. The number of carbonyl (C=O) groups excluding carboxylic acids is 2. The van der Waals surface area contributed by atoms with Crippen LogP contribution in [0.2, 0.25) is 0 Å². The number of benzene rings is 2. The van der Waals surface area contributed by atoms with Crippen LogP contribution in [0.3, 0.4) is 0 Å². The van der Waals surface area contributed by atoms with Crippen molar-refractivity contribution in [3.8, 4) is 0 Å². The maximum absolute atomic E-state index is 13.3. The molecule has 2 aromatic carbocycles. The van der Waals surface area contributed by atoms with Gasteiger partial charge in [0.1, 0.15) is 11.4 Å². The van der Waals surface area contributed by atoms with Crippen LogP contribution in [0.15, 0.2) is 138 Å². The van der Waals surface area contributed by atoms with E-state index in [9.17, 15) is 9.59 Å². The Balaban J connectivity index is 1.05. The Hall–Kier alpha value is -7.01. The summed E-state index contributed by atoms with van der Waals surface area (Å²) in [7, 11) is 0. The number of amides is 2. The Morgan fingerprint density at radius 1 is 0.500 bits per heavy atom. The van der Waals surface area contributed by atoms with Crippen LogP contribution in [-0.2, 0) is 0 Å². The highest BCUT2D eigenvalue weighted by molar-refractivity contribution is 6.08. The molecule has 230 valence electrons. The second-order valence-electron chi connectivity index (χ2n) is 10.4. The molecule has 5 heterocycles. The first-order valence-electron chi connectivity index (χ1n) is 14.9. The minimum absolute atomic E-state index is 0.0611. The van der Waals surface area contributed by atoms with Gasteiger partial charge in [0.2, 0.25) is 0 Å². The largest absolute Gasteiger partial charge is 0.319 e. The lowest BCUT2D eigenvalue weighted by atomic mass is 10.2. The Bertz CT molecular complexity index is 2210. The highest BCUT2D eigenvalue weighted by atomic mass is 16.2. The van der Waals surface area contributed by atoms with E-state index in [2.05, 4.69) is 45.5 Å². The maximum atomic E-state index is 13.3.